The van der Waals surface area contributed by atoms with Crippen LogP contribution >= 0.6 is 11.3 Å². The number of rotatable bonds is 3. The van der Waals surface area contributed by atoms with Crippen molar-refractivity contribution in [3.8, 4) is 0 Å². The molecule has 0 unspecified atom stereocenters. The van der Waals surface area contributed by atoms with Crippen LogP contribution < -0.4 is 0 Å². The highest BCUT2D eigenvalue weighted by Crippen LogP contribution is 2.45. The number of esters is 1. The Labute approximate surface area is 129 Å². The molecule has 0 atom stereocenters. The average Bonchev–Trinajstić information content (AvgIpc) is 3.06. The van der Waals surface area contributed by atoms with Gasteiger partial charge in [-0.2, -0.15) is 0 Å². The first-order chi connectivity index (χ1) is 10.3. The van der Waals surface area contributed by atoms with Crippen molar-refractivity contribution in [2.24, 2.45) is 0 Å². The first-order valence-electron chi connectivity index (χ1n) is 7.36. The van der Waals surface area contributed by atoms with Gasteiger partial charge in [-0.05, 0) is 18.4 Å². The molecule has 1 aliphatic carbocycles. The molecule has 0 saturated heterocycles. The van der Waals surface area contributed by atoms with Crippen molar-refractivity contribution in [2.45, 2.75) is 37.5 Å². The number of hydrogen-bond donors (Lipinski definition) is 0. The molecule has 3 rings (SSSR count). The van der Waals surface area contributed by atoms with Crippen LogP contribution in [0.25, 0.3) is 0 Å². The fraction of sp³-hybridized carbons (Fsp3) is 0.412. The lowest BCUT2D eigenvalue weighted by Gasteiger charge is -2.36. The fourth-order valence-electron chi connectivity index (χ4n) is 3.23. The van der Waals surface area contributed by atoms with E-state index in [4.69, 9.17) is 4.74 Å². The zero-order chi connectivity index (χ0) is 14.7. The topological polar surface area (TPSA) is 39.2 Å². The van der Waals surface area contributed by atoms with E-state index < -0.39 is 0 Å². The summed E-state index contributed by atoms with van der Waals surface area (Å²) < 4.78 is 4.78. The van der Waals surface area contributed by atoms with Crippen molar-refractivity contribution in [2.75, 3.05) is 7.11 Å². The predicted molar refractivity (Wildman–Crippen MR) is 83.8 cm³/mol. The minimum absolute atomic E-state index is 0.0313. The van der Waals surface area contributed by atoms with Crippen molar-refractivity contribution in [1.82, 2.24) is 4.98 Å². The summed E-state index contributed by atoms with van der Waals surface area (Å²) in [6.45, 7) is 0. The number of aromatic nitrogens is 1. The highest BCUT2D eigenvalue weighted by Gasteiger charge is 2.38. The Morgan fingerprint density at radius 1 is 1.19 bits per heavy atom. The number of carbonyl (C=O) groups excluding carboxylic acids is 1. The molecule has 1 heterocycles. The summed E-state index contributed by atoms with van der Waals surface area (Å²) in [7, 11) is 1.40. The lowest BCUT2D eigenvalue weighted by Crippen LogP contribution is -2.30. The molecule has 4 heteroatoms. The standard InChI is InChI=1S/C17H19NO2S/c1-20-15(19)14-12-21-16(18-14)17(10-6-3-7-11-17)13-8-4-2-5-9-13/h2,4-5,8-9,12H,3,6-7,10-11H2,1H3. The zero-order valence-electron chi connectivity index (χ0n) is 12.2. The van der Waals surface area contributed by atoms with Gasteiger partial charge in [-0.1, -0.05) is 49.6 Å². The van der Waals surface area contributed by atoms with Gasteiger partial charge in [-0.3, -0.25) is 0 Å². The SMILES string of the molecule is COC(=O)c1csc(C2(c3ccccc3)CCCCC2)n1. The molecule has 1 aliphatic rings. The highest BCUT2D eigenvalue weighted by atomic mass is 32.1. The number of thiazole rings is 1. The predicted octanol–water partition coefficient (Wildman–Crippen LogP) is 4.18. The monoisotopic (exact) mass is 301 g/mol. The molecule has 0 N–H and O–H groups in total. The van der Waals surface area contributed by atoms with Crippen molar-refractivity contribution in [3.05, 3.63) is 52.0 Å². The Hall–Kier alpha value is -1.68. The summed E-state index contributed by atoms with van der Waals surface area (Å²) in [5.41, 5.74) is 1.71. The fourth-order valence-corrected chi connectivity index (χ4v) is 4.30. The summed E-state index contributed by atoms with van der Waals surface area (Å²) in [6, 6.07) is 10.6. The Morgan fingerprint density at radius 3 is 2.57 bits per heavy atom. The minimum atomic E-state index is -0.350. The summed E-state index contributed by atoms with van der Waals surface area (Å²) in [4.78, 5) is 16.3. The van der Waals surface area contributed by atoms with E-state index in [0.717, 1.165) is 17.8 Å². The van der Waals surface area contributed by atoms with Crippen LogP contribution in [0.5, 0.6) is 0 Å². The summed E-state index contributed by atoms with van der Waals surface area (Å²) in [5, 5.41) is 2.87. The first-order valence-corrected chi connectivity index (χ1v) is 8.24. The van der Waals surface area contributed by atoms with Crippen molar-refractivity contribution in [3.63, 3.8) is 0 Å². The number of methoxy groups -OCH3 is 1. The Kier molecular flexibility index (Phi) is 4.06. The molecule has 110 valence electrons. The number of nitrogens with zero attached hydrogens (tertiary/aromatic N) is 1. The highest BCUT2D eigenvalue weighted by molar-refractivity contribution is 7.10. The summed E-state index contributed by atoms with van der Waals surface area (Å²) in [6.07, 6.45) is 5.91. The molecule has 1 saturated carbocycles. The molecule has 0 spiro atoms. The molecule has 0 radical (unpaired) electrons. The third-order valence-corrected chi connectivity index (χ3v) is 5.39. The van der Waals surface area contributed by atoms with Gasteiger partial charge in [0.15, 0.2) is 5.69 Å². The second kappa shape index (κ2) is 5.98. The van der Waals surface area contributed by atoms with Gasteiger partial charge < -0.3 is 4.74 Å². The maximum absolute atomic E-state index is 11.7. The van der Waals surface area contributed by atoms with E-state index in [1.165, 1.54) is 31.9 Å². The number of ether oxygens (including phenoxy) is 1. The van der Waals surface area contributed by atoms with Crippen molar-refractivity contribution >= 4 is 17.3 Å². The van der Waals surface area contributed by atoms with Gasteiger partial charge in [0.05, 0.1) is 7.11 Å². The lowest BCUT2D eigenvalue weighted by molar-refractivity contribution is 0.0594. The van der Waals surface area contributed by atoms with Gasteiger partial charge >= 0.3 is 5.97 Å². The van der Waals surface area contributed by atoms with Crippen LogP contribution in [0.15, 0.2) is 35.7 Å². The van der Waals surface area contributed by atoms with E-state index in [9.17, 15) is 4.79 Å². The van der Waals surface area contributed by atoms with Crippen LogP contribution in [-0.2, 0) is 10.2 Å². The molecule has 1 aromatic heterocycles. The minimum Gasteiger partial charge on any atom is -0.464 e. The first kappa shape index (κ1) is 14.3. The third kappa shape index (κ3) is 2.60. The normalized spacial score (nSPS) is 17.4. The van der Waals surface area contributed by atoms with Crippen LogP contribution in [0.2, 0.25) is 0 Å². The molecule has 2 aromatic rings. The van der Waals surface area contributed by atoms with Gasteiger partial charge in [-0.25, -0.2) is 9.78 Å². The van der Waals surface area contributed by atoms with E-state index in [-0.39, 0.29) is 11.4 Å². The molecule has 21 heavy (non-hydrogen) atoms. The Bertz CT molecular complexity index is 615. The second-order valence-corrected chi connectivity index (χ2v) is 6.40. The molecule has 3 nitrogen and oxygen atoms in total. The molecule has 0 aliphatic heterocycles. The number of benzene rings is 1. The maximum atomic E-state index is 11.7. The summed E-state index contributed by atoms with van der Waals surface area (Å²) in [5.74, 6) is -0.350. The van der Waals surface area contributed by atoms with Gasteiger partial charge in [-0.15, -0.1) is 11.3 Å². The molecule has 1 aromatic carbocycles. The molecular weight excluding hydrogens is 282 g/mol. The molecular formula is C17H19NO2S. The number of hydrogen-bond acceptors (Lipinski definition) is 4. The van der Waals surface area contributed by atoms with E-state index >= 15 is 0 Å². The molecule has 0 bridgehead atoms. The van der Waals surface area contributed by atoms with E-state index in [2.05, 4.69) is 29.2 Å². The molecule has 0 amide bonds. The summed E-state index contributed by atoms with van der Waals surface area (Å²) >= 11 is 1.58. The van der Waals surface area contributed by atoms with Crippen LogP contribution in [-0.4, -0.2) is 18.1 Å². The van der Waals surface area contributed by atoms with E-state index in [1.807, 2.05) is 11.4 Å². The van der Waals surface area contributed by atoms with Gasteiger partial charge in [0.1, 0.15) is 5.01 Å². The molecule has 1 fully saturated rings. The van der Waals surface area contributed by atoms with E-state index in [0.29, 0.717) is 5.69 Å². The van der Waals surface area contributed by atoms with E-state index in [1.54, 1.807) is 11.3 Å². The quantitative estimate of drug-likeness (QED) is 0.798. The van der Waals surface area contributed by atoms with Crippen LogP contribution in [0.1, 0.15) is 53.2 Å². The second-order valence-electron chi connectivity index (χ2n) is 5.54. The zero-order valence-corrected chi connectivity index (χ0v) is 13.0. The van der Waals surface area contributed by atoms with Gasteiger partial charge in [0.25, 0.3) is 0 Å². The van der Waals surface area contributed by atoms with Crippen LogP contribution in [0.4, 0.5) is 0 Å². The smallest absolute Gasteiger partial charge is 0.357 e. The van der Waals surface area contributed by atoms with Gasteiger partial charge in [0.2, 0.25) is 0 Å². The van der Waals surface area contributed by atoms with Crippen LogP contribution in [0.3, 0.4) is 0 Å². The Morgan fingerprint density at radius 2 is 1.90 bits per heavy atom. The maximum Gasteiger partial charge on any atom is 0.357 e. The average molecular weight is 301 g/mol. The third-order valence-electron chi connectivity index (χ3n) is 4.34. The van der Waals surface area contributed by atoms with Crippen molar-refractivity contribution in [1.29, 1.82) is 0 Å². The Balaban J connectivity index is 2.04. The largest absolute Gasteiger partial charge is 0.464 e. The van der Waals surface area contributed by atoms with Gasteiger partial charge in [0, 0.05) is 10.8 Å². The van der Waals surface area contributed by atoms with Crippen LogP contribution in [0, 0.1) is 0 Å². The number of carbonyl (C=O) groups is 1. The van der Waals surface area contributed by atoms with Crippen molar-refractivity contribution < 1.29 is 9.53 Å². The lowest BCUT2D eigenvalue weighted by atomic mass is 9.70.